The summed E-state index contributed by atoms with van der Waals surface area (Å²) in [5.74, 6) is 1.37. The van der Waals surface area contributed by atoms with Gasteiger partial charge in [-0.2, -0.15) is 0 Å². The molecule has 0 saturated heterocycles. The van der Waals surface area contributed by atoms with E-state index < -0.39 is 0 Å². The Morgan fingerprint density at radius 3 is 2.17 bits per heavy atom. The van der Waals surface area contributed by atoms with Crippen LogP contribution in [0.4, 0.5) is 0 Å². The Kier molecular flexibility index (Phi) is 4.07. The molecule has 0 unspecified atom stereocenters. The molecule has 0 radical (unpaired) electrons. The second-order valence-corrected chi connectivity index (χ2v) is 4.14. The van der Waals surface area contributed by atoms with Gasteiger partial charge in [0.25, 0.3) is 0 Å². The van der Waals surface area contributed by atoms with E-state index in [1.807, 2.05) is 19.9 Å². The van der Waals surface area contributed by atoms with Crippen molar-refractivity contribution in [1.29, 1.82) is 0 Å². The zero-order valence-electron chi connectivity index (χ0n) is 10.8. The van der Waals surface area contributed by atoms with Gasteiger partial charge in [0.15, 0.2) is 11.5 Å². The van der Waals surface area contributed by atoms with Crippen molar-refractivity contribution < 1.29 is 19.0 Å². The lowest BCUT2D eigenvalue weighted by Crippen LogP contribution is -2.12. The molecule has 1 aromatic carbocycles. The van der Waals surface area contributed by atoms with Gasteiger partial charge in [-0.3, -0.25) is 4.79 Å². The lowest BCUT2D eigenvalue weighted by atomic mass is 10.3. The zero-order valence-corrected chi connectivity index (χ0v) is 10.8. The quantitative estimate of drug-likeness (QED) is 0.575. The Labute approximate surface area is 107 Å². The van der Waals surface area contributed by atoms with Gasteiger partial charge in [-0.15, -0.1) is 0 Å². The van der Waals surface area contributed by atoms with Gasteiger partial charge in [-0.05, 0) is 38.8 Å². The first-order valence-electron chi connectivity index (χ1n) is 6.36. The van der Waals surface area contributed by atoms with Crippen LogP contribution in [0.25, 0.3) is 0 Å². The summed E-state index contributed by atoms with van der Waals surface area (Å²) in [6.07, 6.45) is 1.83. The summed E-state index contributed by atoms with van der Waals surface area (Å²) >= 11 is 0. The highest BCUT2D eigenvalue weighted by Crippen LogP contribution is 2.39. The summed E-state index contributed by atoms with van der Waals surface area (Å²) in [4.78, 5) is 11.8. The van der Waals surface area contributed by atoms with E-state index in [0.29, 0.717) is 30.5 Å². The normalized spacial score (nSPS) is 14.1. The summed E-state index contributed by atoms with van der Waals surface area (Å²) in [5.41, 5.74) is 0. The number of hydrogen-bond donors (Lipinski definition) is 0. The minimum absolute atomic E-state index is 0.0501. The maximum absolute atomic E-state index is 11.8. The second kappa shape index (κ2) is 5.76. The molecular weight excluding hydrogens is 232 g/mol. The van der Waals surface area contributed by atoms with Crippen molar-refractivity contribution in [2.45, 2.75) is 26.7 Å². The number of ether oxygens (including phenoxy) is 3. The summed E-state index contributed by atoms with van der Waals surface area (Å²) in [6, 6.07) is 5.38. The zero-order chi connectivity index (χ0) is 13.0. The van der Waals surface area contributed by atoms with Crippen molar-refractivity contribution in [3.8, 4) is 17.2 Å². The van der Waals surface area contributed by atoms with E-state index in [-0.39, 0.29) is 11.9 Å². The third-order valence-electron chi connectivity index (χ3n) is 2.66. The SMILES string of the molecule is CCOc1cccc(OCC)c1OC(=O)C1CC1. The van der Waals surface area contributed by atoms with E-state index in [1.54, 1.807) is 12.1 Å². The van der Waals surface area contributed by atoms with Crippen LogP contribution in [-0.2, 0) is 4.79 Å². The van der Waals surface area contributed by atoms with Crippen LogP contribution >= 0.6 is 0 Å². The Morgan fingerprint density at radius 2 is 1.72 bits per heavy atom. The number of rotatable bonds is 6. The number of carbonyl (C=O) groups excluding carboxylic acids is 1. The molecule has 2 rings (SSSR count). The summed E-state index contributed by atoms with van der Waals surface area (Å²) < 4.78 is 16.4. The number of carbonyl (C=O) groups is 1. The molecule has 1 saturated carbocycles. The molecular formula is C14H18O4. The van der Waals surface area contributed by atoms with Gasteiger partial charge in [-0.1, -0.05) is 6.07 Å². The van der Waals surface area contributed by atoms with Gasteiger partial charge < -0.3 is 14.2 Å². The first-order valence-corrected chi connectivity index (χ1v) is 6.36. The van der Waals surface area contributed by atoms with Gasteiger partial charge >= 0.3 is 5.97 Å². The number of benzene rings is 1. The Hall–Kier alpha value is -1.71. The van der Waals surface area contributed by atoms with Gasteiger partial charge in [0.2, 0.25) is 5.75 Å². The fraction of sp³-hybridized carbons (Fsp3) is 0.500. The van der Waals surface area contributed by atoms with Crippen LogP contribution in [0, 0.1) is 5.92 Å². The van der Waals surface area contributed by atoms with Crippen molar-refractivity contribution in [3.05, 3.63) is 18.2 Å². The highest BCUT2D eigenvalue weighted by Gasteiger charge is 2.33. The molecule has 1 aromatic rings. The lowest BCUT2D eigenvalue weighted by molar-refractivity contribution is -0.136. The molecule has 0 amide bonds. The van der Waals surface area contributed by atoms with E-state index >= 15 is 0 Å². The first kappa shape index (κ1) is 12.7. The molecule has 0 aliphatic heterocycles. The molecule has 0 N–H and O–H groups in total. The van der Waals surface area contributed by atoms with Crippen molar-refractivity contribution in [2.24, 2.45) is 5.92 Å². The molecule has 4 nitrogen and oxygen atoms in total. The van der Waals surface area contributed by atoms with Crippen molar-refractivity contribution in [3.63, 3.8) is 0 Å². The van der Waals surface area contributed by atoms with Crippen molar-refractivity contribution in [1.82, 2.24) is 0 Å². The predicted octanol–water partition coefficient (Wildman–Crippen LogP) is 2.80. The average molecular weight is 250 g/mol. The Bertz CT molecular complexity index is 400. The highest BCUT2D eigenvalue weighted by molar-refractivity contribution is 5.79. The fourth-order valence-corrected chi connectivity index (χ4v) is 1.64. The molecule has 0 atom stereocenters. The lowest BCUT2D eigenvalue weighted by Gasteiger charge is -2.14. The van der Waals surface area contributed by atoms with Crippen molar-refractivity contribution >= 4 is 5.97 Å². The molecule has 98 valence electrons. The molecule has 0 bridgehead atoms. The third kappa shape index (κ3) is 2.94. The standard InChI is InChI=1S/C14H18O4/c1-3-16-11-6-5-7-12(17-4-2)13(11)18-14(15)10-8-9-10/h5-7,10H,3-4,8-9H2,1-2H3. The van der Waals surface area contributed by atoms with E-state index in [0.717, 1.165) is 12.8 Å². The number of hydrogen-bond acceptors (Lipinski definition) is 4. The first-order chi connectivity index (χ1) is 8.76. The molecule has 0 heterocycles. The summed E-state index contributed by atoms with van der Waals surface area (Å²) in [6.45, 7) is 4.81. The van der Waals surface area contributed by atoms with Crippen LogP contribution in [-0.4, -0.2) is 19.2 Å². The molecule has 1 fully saturated rings. The molecule has 4 heteroatoms. The van der Waals surface area contributed by atoms with Crippen LogP contribution in [0.5, 0.6) is 17.2 Å². The van der Waals surface area contributed by atoms with Crippen LogP contribution in [0.2, 0.25) is 0 Å². The van der Waals surface area contributed by atoms with Crippen LogP contribution in [0.3, 0.4) is 0 Å². The Balaban J connectivity index is 2.23. The van der Waals surface area contributed by atoms with E-state index in [4.69, 9.17) is 14.2 Å². The molecule has 0 spiro atoms. The monoisotopic (exact) mass is 250 g/mol. The van der Waals surface area contributed by atoms with Gasteiger partial charge in [0.1, 0.15) is 0 Å². The third-order valence-corrected chi connectivity index (χ3v) is 2.66. The predicted molar refractivity (Wildman–Crippen MR) is 67.1 cm³/mol. The maximum Gasteiger partial charge on any atom is 0.314 e. The Morgan fingerprint density at radius 1 is 1.17 bits per heavy atom. The number of esters is 1. The molecule has 1 aliphatic carbocycles. The fourth-order valence-electron chi connectivity index (χ4n) is 1.64. The van der Waals surface area contributed by atoms with E-state index in [2.05, 4.69) is 0 Å². The van der Waals surface area contributed by atoms with Gasteiger partial charge in [0.05, 0.1) is 19.1 Å². The maximum atomic E-state index is 11.8. The molecule has 1 aliphatic rings. The van der Waals surface area contributed by atoms with Crippen molar-refractivity contribution in [2.75, 3.05) is 13.2 Å². The minimum atomic E-state index is -0.192. The highest BCUT2D eigenvalue weighted by atomic mass is 16.6. The smallest absolute Gasteiger partial charge is 0.314 e. The second-order valence-electron chi connectivity index (χ2n) is 4.14. The van der Waals surface area contributed by atoms with Crippen LogP contribution < -0.4 is 14.2 Å². The molecule has 0 aromatic heterocycles. The molecule has 18 heavy (non-hydrogen) atoms. The summed E-state index contributed by atoms with van der Waals surface area (Å²) in [7, 11) is 0. The topological polar surface area (TPSA) is 44.8 Å². The van der Waals surface area contributed by atoms with Gasteiger partial charge in [0, 0.05) is 0 Å². The van der Waals surface area contributed by atoms with Crippen LogP contribution in [0.15, 0.2) is 18.2 Å². The summed E-state index contributed by atoms with van der Waals surface area (Å²) in [5, 5.41) is 0. The van der Waals surface area contributed by atoms with E-state index in [9.17, 15) is 4.79 Å². The largest absolute Gasteiger partial charge is 0.490 e. The van der Waals surface area contributed by atoms with Crippen LogP contribution in [0.1, 0.15) is 26.7 Å². The average Bonchev–Trinajstić information content (AvgIpc) is 3.17. The van der Waals surface area contributed by atoms with Gasteiger partial charge in [-0.25, -0.2) is 0 Å². The number of para-hydroxylation sites is 1. The minimum Gasteiger partial charge on any atom is -0.490 e. The van der Waals surface area contributed by atoms with E-state index in [1.165, 1.54) is 0 Å².